The van der Waals surface area contributed by atoms with Crippen molar-refractivity contribution >= 4 is 25.4 Å². The number of hydrogen-bond acceptors (Lipinski definition) is 6. The molecule has 1 saturated heterocycles. The molecule has 0 spiro atoms. The van der Waals surface area contributed by atoms with Crippen molar-refractivity contribution in [1.82, 2.24) is 5.48 Å². The average molecular weight is 384 g/mol. The van der Waals surface area contributed by atoms with Crippen LogP contribution in [-0.2, 0) is 13.7 Å². The fourth-order valence-electron chi connectivity index (χ4n) is 2.64. The Kier molecular flexibility index (Phi) is 8.98. The highest BCUT2D eigenvalue weighted by atomic mass is 32.2. The Balaban J connectivity index is 1.60. The van der Waals surface area contributed by atoms with Crippen LogP contribution in [0, 0.1) is 5.92 Å². The van der Waals surface area contributed by atoms with E-state index in [1.54, 1.807) is 0 Å². The van der Waals surface area contributed by atoms with E-state index >= 15 is 0 Å². The van der Waals surface area contributed by atoms with Crippen LogP contribution >= 0.6 is 11.8 Å². The van der Waals surface area contributed by atoms with Gasteiger partial charge in [0, 0.05) is 18.9 Å². The highest BCUT2D eigenvalue weighted by Gasteiger charge is 2.33. The summed E-state index contributed by atoms with van der Waals surface area (Å²) in [6.07, 6.45) is 3.13. The molecule has 25 heavy (non-hydrogen) atoms. The van der Waals surface area contributed by atoms with E-state index in [4.69, 9.17) is 13.7 Å². The maximum atomic E-state index is 11.9. The number of carbonyl (C=O) groups excluding carboxylic acids is 1. The van der Waals surface area contributed by atoms with Gasteiger partial charge in [-0.2, -0.15) is 0 Å². The SMILES string of the molecule is CCC1CCO[Si](C)(CCCSC(=O)COc2ccccc2)ONC1. The summed E-state index contributed by atoms with van der Waals surface area (Å²) in [6.45, 7) is 6.07. The number of benzene rings is 1. The number of thioether (sulfide) groups is 1. The monoisotopic (exact) mass is 383 g/mol. The first-order valence-electron chi connectivity index (χ1n) is 8.99. The Morgan fingerprint density at radius 1 is 1.40 bits per heavy atom. The molecule has 1 aliphatic rings. The zero-order valence-corrected chi connectivity index (χ0v) is 17.0. The molecule has 140 valence electrons. The molecule has 0 aromatic heterocycles. The summed E-state index contributed by atoms with van der Waals surface area (Å²) >= 11 is 1.32. The van der Waals surface area contributed by atoms with Crippen LogP contribution in [0.1, 0.15) is 26.2 Å². The largest absolute Gasteiger partial charge is 0.485 e. The molecule has 0 bridgehead atoms. The first kappa shape index (κ1) is 20.4. The molecule has 0 saturated carbocycles. The molecule has 0 amide bonds. The third-order valence-electron chi connectivity index (χ3n) is 4.31. The van der Waals surface area contributed by atoms with Gasteiger partial charge in [-0.05, 0) is 43.5 Å². The molecule has 1 N–H and O–H groups in total. The van der Waals surface area contributed by atoms with Gasteiger partial charge in [-0.1, -0.05) is 43.3 Å². The van der Waals surface area contributed by atoms with Crippen LogP contribution in [0.3, 0.4) is 0 Å². The number of ether oxygens (including phenoxy) is 1. The molecule has 2 unspecified atom stereocenters. The minimum Gasteiger partial charge on any atom is -0.485 e. The molecule has 0 aliphatic carbocycles. The Morgan fingerprint density at radius 3 is 2.96 bits per heavy atom. The quantitative estimate of drug-likeness (QED) is 0.545. The van der Waals surface area contributed by atoms with Gasteiger partial charge in [0.15, 0.2) is 6.61 Å². The van der Waals surface area contributed by atoms with E-state index in [2.05, 4.69) is 19.0 Å². The molecule has 5 nitrogen and oxygen atoms in total. The van der Waals surface area contributed by atoms with Gasteiger partial charge >= 0.3 is 8.56 Å². The first-order chi connectivity index (χ1) is 12.1. The van der Waals surface area contributed by atoms with Gasteiger partial charge in [-0.3, -0.25) is 4.79 Å². The van der Waals surface area contributed by atoms with Gasteiger partial charge < -0.3 is 13.7 Å². The smallest absolute Gasteiger partial charge is 0.355 e. The highest BCUT2D eigenvalue weighted by Crippen LogP contribution is 2.21. The van der Waals surface area contributed by atoms with E-state index in [0.717, 1.165) is 50.0 Å². The zero-order valence-electron chi connectivity index (χ0n) is 15.2. The zero-order chi connectivity index (χ0) is 18.0. The normalized spacial score (nSPS) is 24.3. The summed E-state index contributed by atoms with van der Waals surface area (Å²) in [7, 11) is -2.17. The lowest BCUT2D eigenvalue weighted by Crippen LogP contribution is -2.47. The van der Waals surface area contributed by atoms with Crippen LogP contribution in [0.25, 0.3) is 0 Å². The Bertz CT molecular complexity index is 507. The molecule has 1 aromatic carbocycles. The lowest BCUT2D eigenvalue weighted by Gasteiger charge is -2.31. The summed E-state index contributed by atoms with van der Waals surface area (Å²) in [5.74, 6) is 2.12. The van der Waals surface area contributed by atoms with Gasteiger partial charge in [0.25, 0.3) is 0 Å². The maximum Gasteiger partial charge on any atom is 0.355 e. The highest BCUT2D eigenvalue weighted by molar-refractivity contribution is 8.13. The second-order valence-electron chi connectivity index (χ2n) is 6.42. The summed E-state index contributed by atoms with van der Waals surface area (Å²) in [6, 6.07) is 10.3. The number of para-hydroxylation sites is 1. The minimum absolute atomic E-state index is 0.0547. The maximum absolute atomic E-state index is 11.9. The Morgan fingerprint density at radius 2 is 2.20 bits per heavy atom. The number of nitrogens with one attached hydrogen (secondary N) is 1. The molecular formula is C18H29NO4SSi. The molecule has 1 heterocycles. The molecule has 7 heteroatoms. The standard InChI is InChI=1S/C18H29NO4SSi/c1-3-16-10-11-22-25(2,23-19-14-16)13-7-12-24-18(20)15-21-17-8-5-4-6-9-17/h4-6,8-9,16,19H,3,7,10-15H2,1-2H3. The van der Waals surface area contributed by atoms with Gasteiger partial charge in [-0.25, -0.2) is 5.48 Å². The summed E-state index contributed by atoms with van der Waals surface area (Å²) < 4.78 is 17.4. The van der Waals surface area contributed by atoms with Crippen molar-refractivity contribution in [2.24, 2.45) is 5.92 Å². The third-order valence-corrected chi connectivity index (χ3v) is 7.89. The first-order valence-corrected chi connectivity index (χ1v) is 12.5. The van der Waals surface area contributed by atoms with Crippen LogP contribution in [0.4, 0.5) is 0 Å². The molecular weight excluding hydrogens is 354 g/mol. The third kappa shape index (κ3) is 7.92. The summed E-state index contributed by atoms with van der Waals surface area (Å²) in [5.41, 5.74) is 3.11. The van der Waals surface area contributed by atoms with E-state index in [1.165, 1.54) is 11.8 Å². The van der Waals surface area contributed by atoms with Crippen LogP contribution < -0.4 is 10.2 Å². The van der Waals surface area contributed by atoms with Crippen molar-refractivity contribution in [3.8, 4) is 5.75 Å². The van der Waals surface area contributed by atoms with Crippen LogP contribution in [0.5, 0.6) is 5.75 Å². The number of hydroxylamine groups is 1. The molecule has 0 radical (unpaired) electrons. The lowest BCUT2D eigenvalue weighted by molar-refractivity contribution is -0.112. The Hall–Kier alpha value is -0.863. The molecule has 1 fully saturated rings. The molecule has 2 atom stereocenters. The van der Waals surface area contributed by atoms with Crippen molar-refractivity contribution in [3.63, 3.8) is 0 Å². The van der Waals surface area contributed by atoms with Crippen LogP contribution in [0.2, 0.25) is 12.6 Å². The fourth-order valence-corrected chi connectivity index (χ4v) is 5.61. The van der Waals surface area contributed by atoms with E-state index in [0.29, 0.717) is 5.92 Å². The van der Waals surface area contributed by atoms with Gasteiger partial charge in [-0.15, -0.1) is 0 Å². The number of carbonyl (C=O) groups is 1. The van der Waals surface area contributed by atoms with Crippen LogP contribution in [0.15, 0.2) is 30.3 Å². The van der Waals surface area contributed by atoms with Crippen molar-refractivity contribution in [2.75, 3.05) is 25.5 Å². The minimum atomic E-state index is -2.17. The Labute approximate surface area is 156 Å². The summed E-state index contributed by atoms with van der Waals surface area (Å²) in [4.78, 5) is 11.9. The topological polar surface area (TPSA) is 56.8 Å². The molecule has 1 aliphatic heterocycles. The van der Waals surface area contributed by atoms with E-state index in [1.807, 2.05) is 30.3 Å². The predicted octanol–water partition coefficient (Wildman–Crippen LogP) is 3.76. The lowest BCUT2D eigenvalue weighted by atomic mass is 10.0. The van der Waals surface area contributed by atoms with Gasteiger partial charge in [0.1, 0.15) is 5.75 Å². The van der Waals surface area contributed by atoms with E-state index < -0.39 is 8.56 Å². The summed E-state index contributed by atoms with van der Waals surface area (Å²) in [5, 5.41) is 0.0547. The van der Waals surface area contributed by atoms with Crippen LogP contribution in [-0.4, -0.2) is 39.2 Å². The van der Waals surface area contributed by atoms with E-state index in [-0.39, 0.29) is 11.7 Å². The second-order valence-corrected chi connectivity index (χ2v) is 10.8. The second kappa shape index (κ2) is 11.0. The van der Waals surface area contributed by atoms with Crippen molar-refractivity contribution in [3.05, 3.63) is 30.3 Å². The van der Waals surface area contributed by atoms with E-state index in [9.17, 15) is 4.79 Å². The van der Waals surface area contributed by atoms with Gasteiger partial charge in [0.2, 0.25) is 5.12 Å². The van der Waals surface area contributed by atoms with Crippen molar-refractivity contribution < 1.29 is 18.5 Å². The van der Waals surface area contributed by atoms with Gasteiger partial charge in [0.05, 0.1) is 0 Å². The van der Waals surface area contributed by atoms with Crippen molar-refractivity contribution in [1.29, 1.82) is 0 Å². The predicted molar refractivity (Wildman–Crippen MR) is 104 cm³/mol. The average Bonchev–Trinajstić information content (AvgIpc) is 2.61. The fraction of sp³-hybridized carbons (Fsp3) is 0.611. The van der Waals surface area contributed by atoms with Crippen molar-refractivity contribution in [2.45, 2.75) is 38.8 Å². The molecule has 2 rings (SSSR count). The molecule has 1 aromatic rings. The number of hydrogen-bond donors (Lipinski definition) is 1. The number of rotatable bonds is 8.